The van der Waals surface area contributed by atoms with Crippen molar-refractivity contribution in [3.63, 3.8) is 0 Å². The quantitative estimate of drug-likeness (QED) is 0.671. The highest BCUT2D eigenvalue weighted by molar-refractivity contribution is 5.85. The number of carbonyl (C=O) groups excluding carboxylic acids is 2. The van der Waals surface area contributed by atoms with Gasteiger partial charge in [-0.25, -0.2) is 4.79 Å². The summed E-state index contributed by atoms with van der Waals surface area (Å²) in [6.07, 6.45) is 0.937. The maximum absolute atomic E-state index is 12.0. The smallest absolute Gasteiger partial charge is 0.317 e. The van der Waals surface area contributed by atoms with E-state index >= 15 is 0 Å². The first-order valence-corrected chi connectivity index (χ1v) is 7.33. The lowest BCUT2D eigenvalue weighted by Crippen LogP contribution is -2.45. The van der Waals surface area contributed by atoms with Crippen LogP contribution in [0.15, 0.2) is 0 Å². The molecule has 7 heteroatoms. The molecule has 0 aliphatic carbocycles. The fourth-order valence-electron chi connectivity index (χ4n) is 2.31. The number of rotatable bonds is 6. The standard InChI is InChI=1S/C14H25N3O4/c1-4-14(12(19)20)5-6-17(9-14)13(21)16-8-11(18)15-7-10(2)3/h10H,4-9H2,1-3H3,(H,15,18)(H,16,21)(H,19,20). The minimum Gasteiger partial charge on any atom is -0.481 e. The SMILES string of the molecule is CCC1(C(=O)O)CCN(C(=O)NCC(=O)NCC(C)C)C1. The van der Waals surface area contributed by atoms with Gasteiger partial charge in [0.2, 0.25) is 5.91 Å². The van der Waals surface area contributed by atoms with Gasteiger partial charge in [-0.1, -0.05) is 20.8 Å². The number of amides is 3. The molecule has 1 aliphatic rings. The average molecular weight is 299 g/mol. The third kappa shape index (κ3) is 4.61. The van der Waals surface area contributed by atoms with Crippen molar-refractivity contribution in [2.45, 2.75) is 33.6 Å². The van der Waals surface area contributed by atoms with Crippen molar-refractivity contribution in [1.29, 1.82) is 0 Å². The summed E-state index contributed by atoms with van der Waals surface area (Å²) in [6, 6.07) is -0.383. The van der Waals surface area contributed by atoms with Crippen LogP contribution < -0.4 is 10.6 Å². The molecule has 1 heterocycles. The largest absolute Gasteiger partial charge is 0.481 e. The van der Waals surface area contributed by atoms with E-state index in [1.165, 1.54) is 4.90 Å². The van der Waals surface area contributed by atoms with Gasteiger partial charge < -0.3 is 20.6 Å². The van der Waals surface area contributed by atoms with Crippen molar-refractivity contribution < 1.29 is 19.5 Å². The van der Waals surface area contributed by atoms with Gasteiger partial charge in [0, 0.05) is 19.6 Å². The maximum atomic E-state index is 12.0. The topological polar surface area (TPSA) is 98.7 Å². The van der Waals surface area contributed by atoms with Gasteiger partial charge in [-0.3, -0.25) is 9.59 Å². The van der Waals surface area contributed by atoms with Crippen LogP contribution in [-0.4, -0.2) is 54.1 Å². The first kappa shape index (κ1) is 17.3. The average Bonchev–Trinajstić information content (AvgIpc) is 2.88. The third-order valence-electron chi connectivity index (χ3n) is 3.88. The van der Waals surface area contributed by atoms with Crippen molar-refractivity contribution in [3.05, 3.63) is 0 Å². The molecule has 0 aromatic carbocycles. The fraction of sp³-hybridized carbons (Fsp3) is 0.786. The van der Waals surface area contributed by atoms with Crippen LogP contribution in [0.5, 0.6) is 0 Å². The molecule has 3 amide bonds. The number of carboxylic acid groups (broad SMARTS) is 1. The molecule has 1 rings (SSSR count). The van der Waals surface area contributed by atoms with Crippen molar-refractivity contribution in [2.75, 3.05) is 26.2 Å². The molecule has 120 valence electrons. The first-order valence-electron chi connectivity index (χ1n) is 7.33. The normalized spacial score (nSPS) is 21.4. The van der Waals surface area contributed by atoms with Gasteiger partial charge in [0.05, 0.1) is 12.0 Å². The highest BCUT2D eigenvalue weighted by atomic mass is 16.4. The molecule has 0 aromatic heterocycles. The number of nitrogens with zero attached hydrogens (tertiary/aromatic N) is 1. The molecule has 1 atom stereocenters. The molecule has 1 saturated heterocycles. The predicted molar refractivity (Wildman–Crippen MR) is 77.8 cm³/mol. The zero-order chi connectivity index (χ0) is 16.0. The maximum Gasteiger partial charge on any atom is 0.317 e. The fourth-order valence-corrected chi connectivity index (χ4v) is 2.31. The summed E-state index contributed by atoms with van der Waals surface area (Å²) in [5.41, 5.74) is -0.850. The number of likely N-dealkylation sites (tertiary alicyclic amines) is 1. The molecule has 3 N–H and O–H groups in total. The molecule has 0 saturated carbocycles. The van der Waals surface area contributed by atoms with Crippen LogP contribution in [-0.2, 0) is 9.59 Å². The Morgan fingerprint density at radius 2 is 1.95 bits per heavy atom. The zero-order valence-electron chi connectivity index (χ0n) is 12.9. The second kappa shape index (κ2) is 7.28. The van der Waals surface area contributed by atoms with Gasteiger partial charge in [0.15, 0.2) is 0 Å². The molecule has 7 nitrogen and oxygen atoms in total. The molecule has 0 bridgehead atoms. The van der Waals surface area contributed by atoms with Crippen LogP contribution in [0, 0.1) is 11.3 Å². The van der Waals surface area contributed by atoms with Gasteiger partial charge in [-0.15, -0.1) is 0 Å². The van der Waals surface area contributed by atoms with Crippen molar-refractivity contribution in [1.82, 2.24) is 15.5 Å². The number of carboxylic acids is 1. The van der Waals surface area contributed by atoms with Gasteiger partial charge in [0.1, 0.15) is 0 Å². The molecular formula is C14H25N3O4. The Balaban J connectivity index is 2.40. The highest BCUT2D eigenvalue weighted by Crippen LogP contribution is 2.34. The number of carbonyl (C=O) groups is 3. The minimum absolute atomic E-state index is 0.0890. The Hall–Kier alpha value is -1.79. The van der Waals surface area contributed by atoms with Crippen LogP contribution in [0.25, 0.3) is 0 Å². The Morgan fingerprint density at radius 3 is 2.43 bits per heavy atom. The molecule has 21 heavy (non-hydrogen) atoms. The van der Waals surface area contributed by atoms with Crippen molar-refractivity contribution >= 4 is 17.9 Å². The first-order chi connectivity index (χ1) is 9.80. The molecule has 0 radical (unpaired) electrons. The number of urea groups is 1. The van der Waals surface area contributed by atoms with E-state index in [2.05, 4.69) is 10.6 Å². The highest BCUT2D eigenvalue weighted by Gasteiger charge is 2.44. The molecule has 1 unspecified atom stereocenters. The van der Waals surface area contributed by atoms with Crippen LogP contribution in [0.2, 0.25) is 0 Å². The van der Waals surface area contributed by atoms with E-state index in [1.54, 1.807) is 0 Å². The zero-order valence-corrected chi connectivity index (χ0v) is 12.9. The Morgan fingerprint density at radius 1 is 1.29 bits per heavy atom. The van der Waals surface area contributed by atoms with E-state index in [0.717, 1.165) is 0 Å². The summed E-state index contributed by atoms with van der Waals surface area (Å²) in [7, 11) is 0. The van der Waals surface area contributed by atoms with Crippen molar-refractivity contribution in [3.8, 4) is 0 Å². The van der Waals surface area contributed by atoms with E-state index in [-0.39, 0.29) is 25.0 Å². The number of hydrogen-bond acceptors (Lipinski definition) is 3. The Labute approximate surface area is 125 Å². The van der Waals surface area contributed by atoms with E-state index in [4.69, 9.17) is 0 Å². The summed E-state index contributed by atoms with van der Waals surface area (Å²) >= 11 is 0. The molecule has 0 aromatic rings. The third-order valence-corrected chi connectivity index (χ3v) is 3.88. The van der Waals surface area contributed by atoms with Crippen LogP contribution in [0.1, 0.15) is 33.6 Å². The number of aliphatic carboxylic acids is 1. The molecule has 1 aliphatic heterocycles. The van der Waals surface area contributed by atoms with E-state index in [1.807, 2.05) is 20.8 Å². The van der Waals surface area contributed by atoms with E-state index in [9.17, 15) is 19.5 Å². The lowest BCUT2D eigenvalue weighted by molar-refractivity contribution is -0.148. The van der Waals surface area contributed by atoms with Gasteiger partial charge in [-0.2, -0.15) is 0 Å². The Bertz CT molecular complexity index is 411. The summed E-state index contributed by atoms with van der Waals surface area (Å²) in [6.45, 7) is 6.86. The second-order valence-corrected chi connectivity index (χ2v) is 5.97. The molecular weight excluding hydrogens is 274 g/mol. The summed E-state index contributed by atoms with van der Waals surface area (Å²) < 4.78 is 0. The van der Waals surface area contributed by atoms with Crippen LogP contribution >= 0.6 is 0 Å². The van der Waals surface area contributed by atoms with Crippen LogP contribution in [0.3, 0.4) is 0 Å². The minimum atomic E-state index is -0.866. The molecule has 0 spiro atoms. The number of nitrogens with one attached hydrogen (secondary N) is 2. The van der Waals surface area contributed by atoms with E-state index < -0.39 is 11.4 Å². The molecule has 1 fully saturated rings. The van der Waals surface area contributed by atoms with Crippen LogP contribution in [0.4, 0.5) is 4.79 Å². The Kier molecular flexibility index (Phi) is 5.99. The second-order valence-electron chi connectivity index (χ2n) is 5.97. The van der Waals surface area contributed by atoms with Crippen molar-refractivity contribution in [2.24, 2.45) is 11.3 Å². The number of hydrogen-bond donors (Lipinski definition) is 3. The lowest BCUT2D eigenvalue weighted by Gasteiger charge is -2.23. The van der Waals surface area contributed by atoms with Gasteiger partial charge in [0.25, 0.3) is 0 Å². The monoisotopic (exact) mass is 299 g/mol. The van der Waals surface area contributed by atoms with Gasteiger partial charge in [-0.05, 0) is 18.8 Å². The summed E-state index contributed by atoms with van der Waals surface area (Å²) in [5, 5.41) is 14.5. The van der Waals surface area contributed by atoms with Gasteiger partial charge >= 0.3 is 12.0 Å². The lowest BCUT2D eigenvalue weighted by atomic mass is 9.84. The summed E-state index contributed by atoms with van der Waals surface area (Å²) in [4.78, 5) is 36.3. The predicted octanol–water partition coefficient (Wildman–Crippen LogP) is 0.655. The van der Waals surface area contributed by atoms with E-state index in [0.29, 0.717) is 31.8 Å². The summed E-state index contributed by atoms with van der Waals surface area (Å²) in [5.74, 6) is -0.754.